The Bertz CT molecular complexity index is 1150. The summed E-state index contributed by atoms with van der Waals surface area (Å²) in [6.07, 6.45) is 7.29. The van der Waals surface area contributed by atoms with Crippen LogP contribution in [-0.2, 0) is 4.74 Å². The van der Waals surface area contributed by atoms with Gasteiger partial charge in [-0.25, -0.2) is 14.3 Å². The van der Waals surface area contributed by atoms with Gasteiger partial charge in [-0.3, -0.25) is 9.89 Å². The Balaban J connectivity index is 1.23. The number of nitrogens with zero attached hydrogens (tertiary/aromatic N) is 4. The van der Waals surface area contributed by atoms with E-state index >= 15 is 0 Å². The lowest BCUT2D eigenvalue weighted by Gasteiger charge is -2.16. The summed E-state index contributed by atoms with van der Waals surface area (Å²) in [5, 5.41) is 17.6. The first-order valence-corrected chi connectivity index (χ1v) is 10.3. The van der Waals surface area contributed by atoms with Crippen LogP contribution in [-0.4, -0.2) is 48.4 Å². The number of carbonyl (C=O) groups excluding carboxylic acids is 2. The van der Waals surface area contributed by atoms with Gasteiger partial charge in [0.1, 0.15) is 11.6 Å². The van der Waals surface area contributed by atoms with Crippen LogP contribution in [0.15, 0.2) is 24.5 Å². The van der Waals surface area contributed by atoms with Gasteiger partial charge in [0.2, 0.25) is 0 Å². The molecule has 0 aliphatic heterocycles. The second-order valence-electron chi connectivity index (χ2n) is 8.56. The van der Waals surface area contributed by atoms with E-state index in [9.17, 15) is 9.59 Å². The number of fused-ring (bicyclic) bond motifs is 1. The largest absolute Gasteiger partial charge is 0.446 e. The van der Waals surface area contributed by atoms with Crippen molar-refractivity contribution in [3.05, 3.63) is 35.9 Å². The third kappa shape index (κ3) is 4.03. The molecule has 2 aliphatic carbocycles. The quantitative estimate of drug-likeness (QED) is 0.473. The van der Waals surface area contributed by atoms with Crippen molar-refractivity contribution in [2.24, 2.45) is 5.73 Å². The van der Waals surface area contributed by atoms with Crippen LogP contribution in [0.2, 0.25) is 0 Å². The highest BCUT2D eigenvalue weighted by molar-refractivity contribution is 5.93. The molecule has 3 aromatic rings. The number of alkyl carbamates (subject to hydrolysis) is 1. The molecule has 0 saturated heterocycles. The minimum atomic E-state index is -0.602. The van der Waals surface area contributed by atoms with Gasteiger partial charge in [0, 0.05) is 41.7 Å². The first-order chi connectivity index (χ1) is 14.9. The number of amides is 2. The predicted octanol–water partition coefficient (Wildman–Crippen LogP) is 2.21. The molecule has 2 saturated carbocycles. The Kier molecular flexibility index (Phi) is 4.53. The van der Waals surface area contributed by atoms with Crippen molar-refractivity contribution in [2.45, 2.75) is 56.6 Å². The number of hydrogen-bond acceptors (Lipinski definition) is 7. The van der Waals surface area contributed by atoms with E-state index in [1.54, 1.807) is 18.5 Å². The second-order valence-corrected chi connectivity index (χ2v) is 8.56. The van der Waals surface area contributed by atoms with E-state index < -0.39 is 5.91 Å². The number of carbonyl (C=O) groups is 2. The summed E-state index contributed by atoms with van der Waals surface area (Å²) in [4.78, 5) is 27.8. The highest BCUT2D eigenvalue weighted by Gasteiger charge is 2.40. The third-order valence-electron chi connectivity index (χ3n) is 5.99. The lowest BCUT2D eigenvalue weighted by Crippen LogP contribution is -2.36. The van der Waals surface area contributed by atoms with E-state index in [-0.39, 0.29) is 29.3 Å². The molecular formula is C20H24N8O3. The van der Waals surface area contributed by atoms with Gasteiger partial charge in [0.15, 0.2) is 17.3 Å². The zero-order chi connectivity index (χ0) is 21.6. The highest BCUT2D eigenvalue weighted by atomic mass is 16.6. The van der Waals surface area contributed by atoms with Crippen molar-refractivity contribution in [1.82, 2.24) is 30.1 Å². The van der Waals surface area contributed by atoms with Gasteiger partial charge in [-0.1, -0.05) is 0 Å². The Labute approximate surface area is 177 Å². The van der Waals surface area contributed by atoms with Gasteiger partial charge in [0.05, 0.1) is 0 Å². The normalized spacial score (nSPS) is 21.7. The summed E-state index contributed by atoms with van der Waals surface area (Å²) in [6.45, 7) is 2.03. The lowest BCUT2D eigenvalue weighted by atomic mass is 10.0. The lowest BCUT2D eigenvalue weighted by molar-refractivity contribution is 0.0964. The minimum Gasteiger partial charge on any atom is -0.446 e. The molecule has 0 bridgehead atoms. The van der Waals surface area contributed by atoms with Gasteiger partial charge in [-0.2, -0.15) is 10.2 Å². The van der Waals surface area contributed by atoms with Crippen molar-refractivity contribution < 1.29 is 14.3 Å². The predicted molar refractivity (Wildman–Crippen MR) is 111 cm³/mol. The molecule has 2 aliphatic rings. The van der Waals surface area contributed by atoms with Gasteiger partial charge in [-0.15, -0.1) is 0 Å². The Morgan fingerprint density at radius 2 is 2.16 bits per heavy atom. The molecule has 31 heavy (non-hydrogen) atoms. The van der Waals surface area contributed by atoms with E-state index in [2.05, 4.69) is 30.9 Å². The maximum Gasteiger partial charge on any atom is 0.407 e. The molecule has 2 fully saturated rings. The van der Waals surface area contributed by atoms with Crippen LogP contribution in [0.4, 0.5) is 16.4 Å². The molecule has 5 N–H and O–H groups in total. The van der Waals surface area contributed by atoms with Gasteiger partial charge in [0.25, 0.3) is 5.91 Å². The van der Waals surface area contributed by atoms with E-state index in [1.165, 1.54) is 4.52 Å². The molecular weight excluding hydrogens is 400 g/mol. The van der Waals surface area contributed by atoms with E-state index in [4.69, 9.17) is 10.5 Å². The van der Waals surface area contributed by atoms with Crippen molar-refractivity contribution >= 4 is 29.2 Å². The zero-order valence-corrected chi connectivity index (χ0v) is 17.1. The molecule has 0 aromatic carbocycles. The molecule has 11 heteroatoms. The number of rotatable bonds is 6. The standard InChI is InChI=1S/C20H24N8O3/c1-20(4-5-20)24-19(30)31-12-3-2-11(8-12)13-10-16(26-25-13)23-18-15-9-14(17(21)29)27-28(15)7-6-22-18/h6-7,9-12H,2-5,8H2,1H3,(H2,21,29)(H,24,30)(H2,22,23,25,26)/t11-,12+/m0/s1. The number of primary amides is 1. The van der Waals surface area contributed by atoms with Crippen LogP contribution in [0.5, 0.6) is 0 Å². The van der Waals surface area contributed by atoms with Crippen LogP contribution in [0.1, 0.15) is 61.1 Å². The Morgan fingerprint density at radius 1 is 1.32 bits per heavy atom. The van der Waals surface area contributed by atoms with Crippen molar-refractivity contribution in [3.63, 3.8) is 0 Å². The van der Waals surface area contributed by atoms with Gasteiger partial charge in [-0.05, 0) is 39.0 Å². The average molecular weight is 424 g/mol. The zero-order valence-electron chi connectivity index (χ0n) is 17.1. The van der Waals surface area contributed by atoms with Gasteiger partial charge < -0.3 is 21.1 Å². The summed E-state index contributed by atoms with van der Waals surface area (Å²) in [6, 6.07) is 3.51. The fourth-order valence-electron chi connectivity index (χ4n) is 3.94. The number of aromatic nitrogens is 5. The van der Waals surface area contributed by atoms with Crippen molar-refractivity contribution in [2.75, 3.05) is 5.32 Å². The highest BCUT2D eigenvalue weighted by Crippen LogP contribution is 2.37. The Hall–Kier alpha value is -3.63. The molecule has 11 nitrogen and oxygen atoms in total. The number of aromatic amines is 1. The number of H-pyrrole nitrogens is 1. The second kappa shape index (κ2) is 7.25. The molecule has 162 valence electrons. The minimum absolute atomic E-state index is 0.0797. The number of nitrogens with one attached hydrogen (secondary N) is 3. The SMILES string of the molecule is CC1(NC(=O)O[C@@H]2CC[C@H](c3cc(Nc4nccn5nc(C(N)=O)cc45)n[nH]3)C2)CC1. The smallest absolute Gasteiger partial charge is 0.407 e. The van der Waals surface area contributed by atoms with Gasteiger partial charge >= 0.3 is 6.09 Å². The fraction of sp³-hybridized carbons (Fsp3) is 0.450. The topological polar surface area (TPSA) is 152 Å². The fourth-order valence-corrected chi connectivity index (χ4v) is 3.94. The van der Waals surface area contributed by atoms with E-state index in [0.29, 0.717) is 17.2 Å². The number of anilines is 2. The van der Waals surface area contributed by atoms with Crippen molar-refractivity contribution in [3.8, 4) is 0 Å². The average Bonchev–Trinajstić information content (AvgIpc) is 3.17. The summed E-state index contributed by atoms with van der Waals surface area (Å²) < 4.78 is 7.13. The molecule has 0 unspecified atom stereocenters. The molecule has 3 heterocycles. The molecule has 0 radical (unpaired) electrons. The third-order valence-corrected chi connectivity index (χ3v) is 5.99. The number of nitrogens with two attached hydrogens (primary N) is 1. The van der Waals surface area contributed by atoms with Crippen LogP contribution in [0, 0.1) is 0 Å². The number of ether oxygens (including phenoxy) is 1. The van der Waals surface area contributed by atoms with Crippen LogP contribution < -0.4 is 16.4 Å². The molecule has 0 spiro atoms. The first kappa shape index (κ1) is 19.3. The summed E-state index contributed by atoms with van der Waals surface area (Å²) in [7, 11) is 0. The molecule has 2 amide bonds. The monoisotopic (exact) mass is 424 g/mol. The maximum atomic E-state index is 12.0. The van der Waals surface area contributed by atoms with E-state index in [1.807, 2.05) is 13.0 Å². The van der Waals surface area contributed by atoms with Crippen LogP contribution in [0.3, 0.4) is 0 Å². The van der Waals surface area contributed by atoms with Crippen molar-refractivity contribution in [1.29, 1.82) is 0 Å². The van der Waals surface area contributed by atoms with E-state index in [0.717, 1.165) is 37.8 Å². The summed E-state index contributed by atoms with van der Waals surface area (Å²) >= 11 is 0. The first-order valence-electron chi connectivity index (χ1n) is 10.3. The number of hydrogen-bond donors (Lipinski definition) is 4. The van der Waals surface area contributed by atoms with Crippen LogP contribution >= 0.6 is 0 Å². The van der Waals surface area contributed by atoms with Crippen LogP contribution in [0.25, 0.3) is 5.52 Å². The molecule has 3 aromatic heterocycles. The summed E-state index contributed by atoms with van der Waals surface area (Å²) in [5.41, 5.74) is 6.99. The molecule has 5 rings (SSSR count). The Morgan fingerprint density at radius 3 is 2.94 bits per heavy atom. The molecule has 2 atom stereocenters. The maximum absolute atomic E-state index is 12.0. The summed E-state index contributed by atoms with van der Waals surface area (Å²) in [5.74, 6) is 0.742.